The summed E-state index contributed by atoms with van der Waals surface area (Å²) >= 11 is 0. The van der Waals surface area contributed by atoms with Crippen molar-refractivity contribution in [3.63, 3.8) is 0 Å². The minimum Gasteiger partial charge on any atom is -0.444 e. The van der Waals surface area contributed by atoms with Crippen LogP contribution in [-0.2, 0) is 17.7 Å². The third-order valence-corrected chi connectivity index (χ3v) is 3.93. The van der Waals surface area contributed by atoms with E-state index in [4.69, 9.17) is 9.72 Å². The van der Waals surface area contributed by atoms with Crippen molar-refractivity contribution in [2.24, 2.45) is 5.92 Å². The van der Waals surface area contributed by atoms with E-state index in [-0.39, 0.29) is 0 Å². The third kappa shape index (κ3) is 5.31. The first kappa shape index (κ1) is 17.5. The fraction of sp³-hybridized carbons (Fsp3) is 0.526. The fourth-order valence-corrected chi connectivity index (χ4v) is 2.55. The number of alkyl carbamates (subject to hydrolysis) is 1. The first-order valence-electron chi connectivity index (χ1n) is 8.87. The highest BCUT2D eigenvalue weighted by molar-refractivity contribution is 5.67. The smallest absolute Gasteiger partial charge is 0.407 e. The van der Waals surface area contributed by atoms with Gasteiger partial charge in [-0.15, -0.1) is 0 Å². The summed E-state index contributed by atoms with van der Waals surface area (Å²) in [6.07, 6.45) is 2.75. The molecule has 1 aromatic carbocycles. The quantitative estimate of drug-likeness (QED) is 0.873. The van der Waals surface area contributed by atoms with Crippen molar-refractivity contribution < 1.29 is 9.53 Å². The Labute approximate surface area is 148 Å². The molecule has 6 heteroatoms. The molecule has 25 heavy (non-hydrogen) atoms. The number of nitrogens with zero attached hydrogens (tertiary/aromatic N) is 3. The summed E-state index contributed by atoms with van der Waals surface area (Å²) in [7, 11) is 0. The van der Waals surface area contributed by atoms with E-state index in [1.54, 1.807) is 0 Å². The first-order valence-corrected chi connectivity index (χ1v) is 8.87. The highest BCUT2D eigenvalue weighted by Gasteiger charge is 2.24. The molecule has 0 unspecified atom stereocenters. The molecular weight excluding hydrogens is 316 g/mol. The number of hydrogen-bond acceptors (Lipinski definition) is 4. The topological polar surface area (TPSA) is 69.0 Å². The fourth-order valence-electron chi connectivity index (χ4n) is 2.55. The number of nitrogens with one attached hydrogen (secondary N) is 1. The summed E-state index contributed by atoms with van der Waals surface area (Å²) < 4.78 is 7.26. The second-order valence-electron chi connectivity index (χ2n) is 7.52. The summed E-state index contributed by atoms with van der Waals surface area (Å²) in [5, 5.41) is 7.47. The summed E-state index contributed by atoms with van der Waals surface area (Å²) in [4.78, 5) is 16.5. The van der Waals surface area contributed by atoms with E-state index in [0.717, 1.165) is 23.8 Å². The molecule has 1 amide bonds. The van der Waals surface area contributed by atoms with Crippen LogP contribution in [0.25, 0.3) is 11.4 Å². The number of ether oxygens (including phenoxy) is 1. The standard InChI is InChI=1S/C19H26N4O2/c1-19(2,3)25-18(24)20-12-11-16-21-17(15-7-5-4-6-8-15)22-23(16)13-14-9-10-14/h4-8,14H,9-13H2,1-3H3,(H,20,24). The van der Waals surface area contributed by atoms with Gasteiger partial charge in [-0.25, -0.2) is 14.5 Å². The van der Waals surface area contributed by atoms with Crippen molar-refractivity contribution in [1.82, 2.24) is 20.1 Å². The molecule has 1 heterocycles. The lowest BCUT2D eigenvalue weighted by Gasteiger charge is -2.19. The molecule has 1 N–H and O–H groups in total. The molecule has 134 valence electrons. The van der Waals surface area contributed by atoms with E-state index < -0.39 is 11.7 Å². The Balaban J connectivity index is 1.65. The number of rotatable bonds is 6. The van der Waals surface area contributed by atoms with Crippen molar-refractivity contribution in [2.75, 3.05) is 6.54 Å². The van der Waals surface area contributed by atoms with Crippen LogP contribution in [0.5, 0.6) is 0 Å². The van der Waals surface area contributed by atoms with Gasteiger partial charge >= 0.3 is 6.09 Å². The molecule has 1 fully saturated rings. The second-order valence-corrected chi connectivity index (χ2v) is 7.52. The minimum atomic E-state index is -0.490. The number of carbonyl (C=O) groups is 1. The van der Waals surface area contributed by atoms with Crippen molar-refractivity contribution in [3.8, 4) is 11.4 Å². The van der Waals surface area contributed by atoms with E-state index in [1.165, 1.54) is 12.8 Å². The summed E-state index contributed by atoms with van der Waals surface area (Å²) in [5.74, 6) is 2.36. The van der Waals surface area contributed by atoms with E-state index in [9.17, 15) is 4.79 Å². The van der Waals surface area contributed by atoms with Crippen molar-refractivity contribution in [3.05, 3.63) is 36.2 Å². The maximum atomic E-state index is 11.8. The summed E-state index contributed by atoms with van der Waals surface area (Å²) in [6, 6.07) is 9.98. The highest BCUT2D eigenvalue weighted by atomic mass is 16.6. The number of amides is 1. The number of benzene rings is 1. The molecule has 0 saturated heterocycles. The minimum absolute atomic E-state index is 0.399. The molecule has 1 saturated carbocycles. The largest absolute Gasteiger partial charge is 0.444 e. The Morgan fingerprint density at radius 3 is 2.64 bits per heavy atom. The van der Waals surface area contributed by atoms with Crippen LogP contribution < -0.4 is 5.32 Å². The van der Waals surface area contributed by atoms with Crippen LogP contribution in [-0.4, -0.2) is 33.0 Å². The first-order chi connectivity index (χ1) is 11.9. The predicted octanol–water partition coefficient (Wildman–Crippen LogP) is 3.42. The molecule has 1 aliphatic rings. The normalized spacial score (nSPS) is 14.4. The molecule has 3 rings (SSSR count). The molecule has 0 spiro atoms. The Morgan fingerprint density at radius 1 is 1.28 bits per heavy atom. The van der Waals surface area contributed by atoms with Crippen LogP contribution >= 0.6 is 0 Å². The molecule has 2 aromatic rings. The van der Waals surface area contributed by atoms with Gasteiger partial charge in [0, 0.05) is 25.1 Å². The molecule has 1 aliphatic carbocycles. The zero-order valence-electron chi connectivity index (χ0n) is 15.2. The van der Waals surface area contributed by atoms with Crippen LogP contribution in [0.3, 0.4) is 0 Å². The van der Waals surface area contributed by atoms with Crippen LogP contribution in [0.2, 0.25) is 0 Å². The van der Waals surface area contributed by atoms with Gasteiger partial charge in [0.15, 0.2) is 5.82 Å². The van der Waals surface area contributed by atoms with Gasteiger partial charge in [0.25, 0.3) is 0 Å². The van der Waals surface area contributed by atoms with E-state index in [0.29, 0.717) is 18.9 Å². The summed E-state index contributed by atoms with van der Waals surface area (Å²) in [6.45, 7) is 6.94. The Morgan fingerprint density at radius 2 is 2.00 bits per heavy atom. The van der Waals surface area contributed by atoms with E-state index >= 15 is 0 Å². The van der Waals surface area contributed by atoms with Gasteiger partial charge in [-0.3, -0.25) is 0 Å². The third-order valence-electron chi connectivity index (χ3n) is 3.93. The molecule has 0 bridgehead atoms. The van der Waals surface area contributed by atoms with Gasteiger partial charge < -0.3 is 10.1 Å². The molecule has 0 atom stereocenters. The van der Waals surface area contributed by atoms with Gasteiger partial charge in [-0.05, 0) is 39.5 Å². The van der Waals surface area contributed by atoms with E-state index in [2.05, 4.69) is 10.4 Å². The van der Waals surface area contributed by atoms with Crippen molar-refractivity contribution in [2.45, 2.75) is 52.2 Å². The van der Waals surface area contributed by atoms with Crippen LogP contribution in [0.4, 0.5) is 4.79 Å². The predicted molar refractivity (Wildman–Crippen MR) is 96.1 cm³/mol. The lowest BCUT2D eigenvalue weighted by Crippen LogP contribution is -2.33. The average Bonchev–Trinajstić information content (AvgIpc) is 3.26. The number of hydrogen-bond donors (Lipinski definition) is 1. The summed E-state index contributed by atoms with van der Waals surface area (Å²) in [5.41, 5.74) is 0.523. The zero-order valence-corrected chi connectivity index (χ0v) is 15.2. The van der Waals surface area contributed by atoms with Crippen LogP contribution in [0, 0.1) is 5.92 Å². The van der Waals surface area contributed by atoms with Crippen molar-refractivity contribution >= 4 is 6.09 Å². The average molecular weight is 342 g/mol. The second kappa shape index (κ2) is 7.25. The maximum absolute atomic E-state index is 11.8. The Bertz CT molecular complexity index is 715. The lowest BCUT2D eigenvalue weighted by molar-refractivity contribution is 0.0528. The van der Waals surface area contributed by atoms with Gasteiger partial charge in [-0.2, -0.15) is 5.10 Å². The van der Waals surface area contributed by atoms with E-state index in [1.807, 2.05) is 55.8 Å². The van der Waals surface area contributed by atoms with Gasteiger partial charge in [0.1, 0.15) is 11.4 Å². The van der Waals surface area contributed by atoms with Gasteiger partial charge in [0.05, 0.1) is 0 Å². The lowest BCUT2D eigenvalue weighted by atomic mass is 10.2. The van der Waals surface area contributed by atoms with Crippen LogP contribution in [0.15, 0.2) is 30.3 Å². The number of aromatic nitrogens is 3. The van der Waals surface area contributed by atoms with Gasteiger partial charge in [-0.1, -0.05) is 30.3 Å². The zero-order chi connectivity index (χ0) is 17.9. The molecular formula is C19H26N4O2. The van der Waals surface area contributed by atoms with Crippen LogP contribution in [0.1, 0.15) is 39.4 Å². The van der Waals surface area contributed by atoms with Gasteiger partial charge in [0.2, 0.25) is 0 Å². The Hall–Kier alpha value is -2.37. The monoisotopic (exact) mass is 342 g/mol. The molecule has 6 nitrogen and oxygen atoms in total. The Kier molecular flexibility index (Phi) is 5.06. The molecule has 0 radical (unpaired) electrons. The SMILES string of the molecule is CC(C)(C)OC(=O)NCCc1nc(-c2ccccc2)nn1CC1CC1. The molecule has 1 aromatic heterocycles. The van der Waals surface area contributed by atoms with Crippen molar-refractivity contribution in [1.29, 1.82) is 0 Å². The molecule has 0 aliphatic heterocycles. The number of carbonyl (C=O) groups excluding carboxylic acids is 1. The highest BCUT2D eigenvalue weighted by Crippen LogP contribution is 2.31. The maximum Gasteiger partial charge on any atom is 0.407 e.